The molecule has 1 amide bonds. The topological polar surface area (TPSA) is 59.6 Å². The second-order valence-corrected chi connectivity index (χ2v) is 4.11. The molecule has 0 aliphatic carbocycles. The fourth-order valence-electron chi connectivity index (χ4n) is 1.88. The minimum absolute atomic E-state index is 0.0393. The molecule has 1 aliphatic heterocycles. The predicted molar refractivity (Wildman–Crippen MR) is 67.9 cm³/mol. The molecule has 98 valence electrons. The summed E-state index contributed by atoms with van der Waals surface area (Å²) in [6, 6.07) is 7.17. The van der Waals surface area contributed by atoms with E-state index >= 15 is 0 Å². The molecule has 18 heavy (non-hydrogen) atoms. The van der Waals surface area contributed by atoms with Crippen LogP contribution in [-0.4, -0.2) is 45.4 Å². The van der Waals surface area contributed by atoms with Crippen molar-refractivity contribution in [3.63, 3.8) is 0 Å². The SMILES string of the molecule is COc1ccccc1C(=O)NCC1CNCCO1. The Morgan fingerprint density at radius 3 is 3.11 bits per heavy atom. The third kappa shape index (κ3) is 3.21. The summed E-state index contributed by atoms with van der Waals surface area (Å²) in [5.74, 6) is 0.444. The molecule has 1 aromatic carbocycles. The van der Waals surface area contributed by atoms with Crippen molar-refractivity contribution < 1.29 is 14.3 Å². The van der Waals surface area contributed by atoms with Gasteiger partial charge in [-0.05, 0) is 12.1 Å². The van der Waals surface area contributed by atoms with Gasteiger partial charge in [-0.1, -0.05) is 12.1 Å². The van der Waals surface area contributed by atoms with Crippen molar-refractivity contribution in [2.75, 3.05) is 33.4 Å². The fraction of sp³-hybridized carbons (Fsp3) is 0.462. The zero-order valence-corrected chi connectivity index (χ0v) is 10.4. The quantitative estimate of drug-likeness (QED) is 0.813. The van der Waals surface area contributed by atoms with Gasteiger partial charge in [0.05, 0.1) is 25.4 Å². The molecule has 0 saturated carbocycles. The van der Waals surface area contributed by atoms with Crippen molar-refractivity contribution in [1.29, 1.82) is 0 Å². The van der Waals surface area contributed by atoms with Crippen LogP contribution in [0.1, 0.15) is 10.4 Å². The molecule has 0 spiro atoms. The van der Waals surface area contributed by atoms with Crippen molar-refractivity contribution in [2.45, 2.75) is 6.10 Å². The number of hydrogen-bond acceptors (Lipinski definition) is 4. The number of carbonyl (C=O) groups is 1. The van der Waals surface area contributed by atoms with Crippen molar-refractivity contribution in [3.8, 4) is 5.75 Å². The number of methoxy groups -OCH3 is 1. The molecule has 1 saturated heterocycles. The van der Waals surface area contributed by atoms with Crippen LogP contribution in [0.3, 0.4) is 0 Å². The molecule has 1 fully saturated rings. The number of carbonyl (C=O) groups excluding carboxylic acids is 1. The van der Waals surface area contributed by atoms with Crippen LogP contribution in [0.25, 0.3) is 0 Å². The minimum atomic E-state index is -0.137. The van der Waals surface area contributed by atoms with Gasteiger partial charge in [0.1, 0.15) is 5.75 Å². The summed E-state index contributed by atoms with van der Waals surface area (Å²) in [6.45, 7) is 2.84. The molecule has 2 N–H and O–H groups in total. The van der Waals surface area contributed by atoms with Gasteiger partial charge in [-0.25, -0.2) is 0 Å². The van der Waals surface area contributed by atoms with E-state index in [1.807, 2.05) is 12.1 Å². The number of hydrogen-bond donors (Lipinski definition) is 2. The van der Waals surface area contributed by atoms with Crippen LogP contribution in [0.2, 0.25) is 0 Å². The second-order valence-electron chi connectivity index (χ2n) is 4.11. The number of para-hydroxylation sites is 1. The molecule has 1 unspecified atom stereocenters. The summed E-state index contributed by atoms with van der Waals surface area (Å²) in [5.41, 5.74) is 0.545. The first-order chi connectivity index (χ1) is 8.81. The van der Waals surface area contributed by atoms with Crippen LogP contribution in [0.15, 0.2) is 24.3 Å². The molecule has 0 aromatic heterocycles. The van der Waals surface area contributed by atoms with E-state index in [9.17, 15) is 4.79 Å². The number of amides is 1. The Morgan fingerprint density at radius 2 is 2.39 bits per heavy atom. The summed E-state index contributed by atoms with van der Waals surface area (Å²) in [5, 5.41) is 6.08. The van der Waals surface area contributed by atoms with Crippen molar-refractivity contribution in [3.05, 3.63) is 29.8 Å². The van der Waals surface area contributed by atoms with Crippen LogP contribution < -0.4 is 15.4 Å². The van der Waals surface area contributed by atoms with E-state index in [4.69, 9.17) is 9.47 Å². The Morgan fingerprint density at radius 1 is 1.56 bits per heavy atom. The lowest BCUT2D eigenvalue weighted by atomic mass is 10.2. The van der Waals surface area contributed by atoms with E-state index in [1.54, 1.807) is 19.2 Å². The van der Waals surface area contributed by atoms with Crippen LogP contribution >= 0.6 is 0 Å². The molecule has 1 heterocycles. The van der Waals surface area contributed by atoms with Gasteiger partial charge in [0.15, 0.2) is 0 Å². The molecule has 1 aromatic rings. The summed E-state index contributed by atoms with van der Waals surface area (Å²) >= 11 is 0. The maximum absolute atomic E-state index is 12.0. The van der Waals surface area contributed by atoms with Crippen LogP contribution in [0.5, 0.6) is 5.75 Å². The molecule has 5 nitrogen and oxygen atoms in total. The highest BCUT2D eigenvalue weighted by molar-refractivity contribution is 5.96. The minimum Gasteiger partial charge on any atom is -0.496 e. The molecule has 2 rings (SSSR count). The Labute approximate surface area is 106 Å². The van der Waals surface area contributed by atoms with E-state index in [0.717, 1.165) is 13.1 Å². The standard InChI is InChI=1S/C13H18N2O3/c1-17-12-5-3-2-4-11(12)13(16)15-9-10-8-14-6-7-18-10/h2-5,10,14H,6-9H2,1H3,(H,15,16). The van der Waals surface area contributed by atoms with Gasteiger partial charge in [-0.15, -0.1) is 0 Å². The third-order valence-corrected chi connectivity index (χ3v) is 2.85. The van der Waals surface area contributed by atoms with Crippen molar-refractivity contribution in [2.24, 2.45) is 0 Å². The Hall–Kier alpha value is -1.59. The van der Waals surface area contributed by atoms with Gasteiger partial charge in [-0.2, -0.15) is 0 Å². The van der Waals surface area contributed by atoms with Crippen LogP contribution in [0, 0.1) is 0 Å². The predicted octanol–water partition coefficient (Wildman–Crippen LogP) is 0.413. The highest BCUT2D eigenvalue weighted by Crippen LogP contribution is 2.16. The lowest BCUT2D eigenvalue weighted by Crippen LogP contribution is -2.45. The van der Waals surface area contributed by atoms with Gasteiger partial charge < -0.3 is 20.1 Å². The summed E-state index contributed by atoms with van der Waals surface area (Å²) in [7, 11) is 1.56. The van der Waals surface area contributed by atoms with E-state index in [-0.39, 0.29) is 12.0 Å². The zero-order valence-electron chi connectivity index (χ0n) is 10.4. The Bertz CT molecular complexity index is 403. The van der Waals surface area contributed by atoms with E-state index in [1.165, 1.54) is 0 Å². The lowest BCUT2D eigenvalue weighted by Gasteiger charge is -2.23. The van der Waals surface area contributed by atoms with Crippen LogP contribution in [-0.2, 0) is 4.74 Å². The van der Waals surface area contributed by atoms with Crippen molar-refractivity contribution in [1.82, 2.24) is 10.6 Å². The molecular weight excluding hydrogens is 232 g/mol. The third-order valence-electron chi connectivity index (χ3n) is 2.85. The first-order valence-corrected chi connectivity index (χ1v) is 6.05. The molecule has 0 radical (unpaired) electrons. The average Bonchev–Trinajstić information content (AvgIpc) is 2.45. The largest absolute Gasteiger partial charge is 0.496 e. The van der Waals surface area contributed by atoms with Gasteiger partial charge in [-0.3, -0.25) is 4.79 Å². The van der Waals surface area contributed by atoms with Crippen LogP contribution in [0.4, 0.5) is 0 Å². The summed E-state index contributed by atoms with van der Waals surface area (Å²) < 4.78 is 10.7. The van der Waals surface area contributed by atoms with Gasteiger partial charge >= 0.3 is 0 Å². The molecule has 1 atom stereocenters. The molecular formula is C13H18N2O3. The normalized spacial score (nSPS) is 19.3. The van der Waals surface area contributed by atoms with E-state index in [0.29, 0.717) is 24.5 Å². The number of ether oxygens (including phenoxy) is 2. The Kier molecular flexibility index (Phi) is 4.55. The van der Waals surface area contributed by atoms with Gasteiger partial charge in [0, 0.05) is 19.6 Å². The molecule has 1 aliphatic rings. The highest BCUT2D eigenvalue weighted by Gasteiger charge is 2.16. The summed E-state index contributed by atoms with van der Waals surface area (Å²) in [4.78, 5) is 12.0. The first kappa shape index (κ1) is 12.9. The number of morpholine rings is 1. The lowest BCUT2D eigenvalue weighted by molar-refractivity contribution is 0.0287. The monoisotopic (exact) mass is 250 g/mol. The smallest absolute Gasteiger partial charge is 0.255 e. The molecule has 0 bridgehead atoms. The maximum atomic E-state index is 12.0. The summed E-state index contributed by atoms with van der Waals surface area (Å²) in [6.07, 6.45) is 0.0393. The Balaban J connectivity index is 1.90. The number of nitrogens with one attached hydrogen (secondary N) is 2. The van der Waals surface area contributed by atoms with Crippen molar-refractivity contribution >= 4 is 5.91 Å². The van der Waals surface area contributed by atoms with Gasteiger partial charge in [0.2, 0.25) is 0 Å². The maximum Gasteiger partial charge on any atom is 0.255 e. The number of rotatable bonds is 4. The first-order valence-electron chi connectivity index (χ1n) is 6.05. The van der Waals surface area contributed by atoms with E-state index in [2.05, 4.69) is 10.6 Å². The number of benzene rings is 1. The van der Waals surface area contributed by atoms with Gasteiger partial charge in [0.25, 0.3) is 5.91 Å². The average molecular weight is 250 g/mol. The second kappa shape index (κ2) is 6.37. The zero-order chi connectivity index (χ0) is 12.8. The molecule has 5 heteroatoms. The highest BCUT2D eigenvalue weighted by atomic mass is 16.5. The van der Waals surface area contributed by atoms with E-state index < -0.39 is 0 Å². The fourth-order valence-corrected chi connectivity index (χ4v) is 1.88.